The van der Waals surface area contributed by atoms with Crippen LogP contribution in [0.15, 0.2) is 152 Å². The second-order valence-corrected chi connectivity index (χ2v) is 10.9. The summed E-state index contributed by atoms with van der Waals surface area (Å²) >= 11 is 0. The van der Waals surface area contributed by atoms with Gasteiger partial charge in [0.2, 0.25) is 0 Å². The van der Waals surface area contributed by atoms with Crippen molar-refractivity contribution in [2.75, 3.05) is 0 Å². The van der Waals surface area contributed by atoms with Crippen molar-refractivity contribution < 1.29 is 4.74 Å². The lowest BCUT2D eigenvalue weighted by Crippen LogP contribution is -2.00. The van der Waals surface area contributed by atoms with E-state index in [2.05, 4.69) is 156 Å². The molecule has 8 aromatic rings. The van der Waals surface area contributed by atoms with Gasteiger partial charge in [0, 0.05) is 27.3 Å². The first-order valence-corrected chi connectivity index (χ1v) is 14.4. The molecule has 0 saturated carbocycles. The lowest BCUT2D eigenvalue weighted by Gasteiger charge is -2.24. The average molecular weight is 536 g/mol. The van der Waals surface area contributed by atoms with E-state index in [9.17, 15) is 0 Å². The molecule has 2 heterocycles. The van der Waals surface area contributed by atoms with Crippen LogP contribution < -0.4 is 4.74 Å². The van der Waals surface area contributed by atoms with Crippen LogP contribution in [0.3, 0.4) is 0 Å². The predicted molar refractivity (Wildman–Crippen MR) is 175 cm³/mol. The summed E-state index contributed by atoms with van der Waals surface area (Å²) in [6.07, 6.45) is 0. The van der Waals surface area contributed by atoms with Gasteiger partial charge in [0.15, 0.2) is 0 Å². The lowest BCUT2D eigenvalue weighted by atomic mass is 9.89. The van der Waals surface area contributed by atoms with Crippen LogP contribution in [-0.4, -0.2) is 4.57 Å². The van der Waals surface area contributed by atoms with Crippen molar-refractivity contribution in [3.05, 3.63) is 152 Å². The molecule has 196 valence electrons. The standard InChI is InChI=1S/C40H25NO/c1-2-11-26(12-3-1)27-21-23-38-34(25-27)33-17-10-16-32-28(22-24-39(42-38)40(32)33)29-13-4-7-18-35(29)41-36-19-8-5-14-30(36)31-15-6-9-20-37(31)41/h1-25H. The third-order valence-electron chi connectivity index (χ3n) is 8.61. The molecular weight excluding hydrogens is 510 g/mol. The fraction of sp³-hybridized carbons (Fsp3) is 0. The maximum absolute atomic E-state index is 6.54. The second-order valence-electron chi connectivity index (χ2n) is 10.9. The van der Waals surface area contributed by atoms with Crippen molar-refractivity contribution in [3.63, 3.8) is 0 Å². The third-order valence-corrected chi connectivity index (χ3v) is 8.61. The quantitative estimate of drug-likeness (QED) is 0.219. The Hall–Kier alpha value is -5.60. The Bertz CT molecular complexity index is 2270. The van der Waals surface area contributed by atoms with E-state index in [4.69, 9.17) is 4.74 Å². The van der Waals surface area contributed by atoms with Crippen molar-refractivity contribution in [2.24, 2.45) is 0 Å². The number of rotatable bonds is 3. The van der Waals surface area contributed by atoms with Crippen LogP contribution >= 0.6 is 0 Å². The van der Waals surface area contributed by atoms with Gasteiger partial charge in [-0.3, -0.25) is 0 Å². The largest absolute Gasteiger partial charge is 0.456 e. The molecule has 0 fully saturated rings. The number of fused-ring (bicyclic) bond motifs is 5. The molecule has 0 radical (unpaired) electrons. The summed E-state index contributed by atoms with van der Waals surface area (Å²) in [4.78, 5) is 0. The zero-order valence-corrected chi connectivity index (χ0v) is 22.8. The molecule has 42 heavy (non-hydrogen) atoms. The van der Waals surface area contributed by atoms with Gasteiger partial charge in [-0.05, 0) is 70.1 Å². The zero-order chi connectivity index (χ0) is 27.6. The first-order valence-electron chi connectivity index (χ1n) is 14.4. The van der Waals surface area contributed by atoms with Gasteiger partial charge >= 0.3 is 0 Å². The molecule has 0 unspecified atom stereocenters. The fourth-order valence-electron chi connectivity index (χ4n) is 6.76. The predicted octanol–water partition coefficient (Wildman–Crippen LogP) is 11.0. The highest BCUT2D eigenvalue weighted by molar-refractivity contribution is 6.13. The lowest BCUT2D eigenvalue weighted by molar-refractivity contribution is 0.487. The van der Waals surface area contributed by atoms with Crippen LogP contribution in [0.1, 0.15) is 0 Å². The van der Waals surface area contributed by atoms with Crippen LogP contribution in [-0.2, 0) is 0 Å². The minimum atomic E-state index is 0.896. The monoisotopic (exact) mass is 535 g/mol. The van der Waals surface area contributed by atoms with Crippen molar-refractivity contribution in [3.8, 4) is 50.6 Å². The number of para-hydroxylation sites is 3. The summed E-state index contributed by atoms with van der Waals surface area (Å²) in [5.41, 5.74) is 10.7. The van der Waals surface area contributed by atoms with E-state index < -0.39 is 0 Å². The van der Waals surface area contributed by atoms with Crippen molar-refractivity contribution >= 4 is 32.6 Å². The Morgan fingerprint density at radius 1 is 0.381 bits per heavy atom. The molecule has 0 spiro atoms. The molecule has 0 bridgehead atoms. The molecule has 2 heteroatoms. The normalized spacial score (nSPS) is 12.0. The van der Waals surface area contributed by atoms with Gasteiger partial charge in [0.05, 0.1) is 16.7 Å². The van der Waals surface area contributed by atoms with Crippen LogP contribution in [0.25, 0.3) is 71.6 Å². The highest BCUT2D eigenvalue weighted by atomic mass is 16.5. The van der Waals surface area contributed by atoms with E-state index in [1.807, 2.05) is 0 Å². The molecule has 9 rings (SSSR count). The van der Waals surface area contributed by atoms with E-state index >= 15 is 0 Å². The molecule has 0 saturated heterocycles. The van der Waals surface area contributed by atoms with Crippen molar-refractivity contribution in [1.29, 1.82) is 0 Å². The highest BCUT2D eigenvalue weighted by Crippen LogP contribution is 2.50. The van der Waals surface area contributed by atoms with Gasteiger partial charge < -0.3 is 9.30 Å². The topological polar surface area (TPSA) is 14.2 Å². The van der Waals surface area contributed by atoms with E-state index in [-0.39, 0.29) is 0 Å². The summed E-state index contributed by atoms with van der Waals surface area (Å²) in [6, 6.07) is 54.2. The Balaban J connectivity index is 1.29. The number of nitrogens with zero attached hydrogens (tertiary/aromatic N) is 1. The summed E-state index contributed by atoms with van der Waals surface area (Å²) < 4.78 is 8.95. The molecule has 0 N–H and O–H groups in total. The minimum absolute atomic E-state index is 0.896. The summed E-state index contributed by atoms with van der Waals surface area (Å²) in [7, 11) is 0. The number of aromatic nitrogens is 1. The molecule has 1 aliphatic heterocycles. The molecule has 2 nitrogen and oxygen atoms in total. The highest BCUT2D eigenvalue weighted by Gasteiger charge is 2.23. The third kappa shape index (κ3) is 3.33. The Kier molecular flexibility index (Phi) is 4.93. The molecular formula is C40H25NO. The van der Waals surface area contributed by atoms with Crippen LogP contribution in [0.4, 0.5) is 0 Å². The smallest absolute Gasteiger partial charge is 0.135 e. The Morgan fingerprint density at radius 2 is 1.02 bits per heavy atom. The molecule has 1 aromatic heterocycles. The maximum Gasteiger partial charge on any atom is 0.135 e. The maximum atomic E-state index is 6.54. The first-order chi connectivity index (χ1) is 20.8. The van der Waals surface area contributed by atoms with Gasteiger partial charge in [-0.1, -0.05) is 109 Å². The number of hydrogen-bond acceptors (Lipinski definition) is 1. The number of benzene rings is 7. The fourth-order valence-corrected chi connectivity index (χ4v) is 6.76. The molecule has 1 aliphatic rings. The van der Waals surface area contributed by atoms with Gasteiger partial charge in [-0.2, -0.15) is 0 Å². The molecule has 0 atom stereocenters. The SMILES string of the molecule is c1ccc(-c2ccc3c(c2)-c2cccc4c(-c5ccccc5-n5c6ccccc6c6ccccc65)ccc(c24)O3)cc1. The minimum Gasteiger partial charge on any atom is -0.456 e. The number of hydrogen-bond donors (Lipinski definition) is 0. The van der Waals surface area contributed by atoms with Gasteiger partial charge in [-0.25, -0.2) is 0 Å². The summed E-state index contributed by atoms with van der Waals surface area (Å²) in [5.74, 6) is 1.80. The molecule has 0 aliphatic carbocycles. The Labute approximate surface area is 243 Å². The van der Waals surface area contributed by atoms with Crippen LogP contribution in [0.2, 0.25) is 0 Å². The number of ether oxygens (including phenoxy) is 1. The van der Waals surface area contributed by atoms with Crippen LogP contribution in [0, 0.1) is 0 Å². The van der Waals surface area contributed by atoms with Crippen LogP contribution in [0.5, 0.6) is 11.5 Å². The van der Waals surface area contributed by atoms with Gasteiger partial charge in [0.25, 0.3) is 0 Å². The van der Waals surface area contributed by atoms with E-state index in [1.54, 1.807) is 0 Å². The summed E-state index contributed by atoms with van der Waals surface area (Å²) in [5, 5.41) is 4.87. The average Bonchev–Trinajstić information content (AvgIpc) is 3.40. The zero-order valence-electron chi connectivity index (χ0n) is 22.8. The van der Waals surface area contributed by atoms with E-state index in [0.717, 1.165) is 22.4 Å². The molecule has 0 amide bonds. The van der Waals surface area contributed by atoms with Gasteiger partial charge in [-0.15, -0.1) is 0 Å². The summed E-state index contributed by atoms with van der Waals surface area (Å²) in [6.45, 7) is 0. The van der Waals surface area contributed by atoms with E-state index in [0.29, 0.717) is 0 Å². The van der Waals surface area contributed by atoms with Crippen molar-refractivity contribution in [2.45, 2.75) is 0 Å². The molecule has 7 aromatic carbocycles. The Morgan fingerprint density at radius 3 is 1.83 bits per heavy atom. The first kappa shape index (κ1) is 23.1. The second kappa shape index (κ2) is 8.95. The van der Waals surface area contributed by atoms with Gasteiger partial charge in [0.1, 0.15) is 11.5 Å². The van der Waals surface area contributed by atoms with E-state index in [1.165, 1.54) is 60.7 Å². The van der Waals surface area contributed by atoms with Crippen molar-refractivity contribution in [1.82, 2.24) is 4.57 Å².